The molecule has 16 nitrogen and oxygen atoms in total. The van der Waals surface area contributed by atoms with E-state index in [1.807, 2.05) is 78.9 Å². The van der Waals surface area contributed by atoms with E-state index in [9.17, 15) is 28.8 Å². The molecule has 4 aromatic carbocycles. The molecule has 0 spiro atoms. The Bertz CT molecular complexity index is 2690. The monoisotopic (exact) mass is 1100 g/mol. The second kappa shape index (κ2) is 32.4. The molecule has 1 atom stereocenters. The number of carbonyl (C=O) groups excluding carboxylic acids is 6. The second-order valence-corrected chi connectivity index (χ2v) is 20.4. The highest BCUT2D eigenvalue weighted by Crippen LogP contribution is 2.47. The van der Waals surface area contributed by atoms with Crippen molar-refractivity contribution < 1.29 is 66.7 Å². The van der Waals surface area contributed by atoms with Crippen molar-refractivity contribution in [1.82, 2.24) is 0 Å². The van der Waals surface area contributed by atoms with Crippen LogP contribution in [0.5, 0.6) is 23.0 Å². The van der Waals surface area contributed by atoms with Crippen LogP contribution in [0.4, 0.5) is 11.4 Å². The first-order valence-electron chi connectivity index (χ1n) is 28.4. The van der Waals surface area contributed by atoms with Crippen molar-refractivity contribution in [3.63, 3.8) is 0 Å². The average Bonchev–Trinajstić information content (AvgIpc) is 3.49. The number of nitrogens with zero attached hydrogens (tertiary/aromatic N) is 1. The summed E-state index contributed by atoms with van der Waals surface area (Å²) in [6.45, 7) is 8.74. The Hall–Kier alpha value is -7.75. The van der Waals surface area contributed by atoms with Crippen LogP contribution in [0.2, 0.25) is 0 Å². The Labute approximate surface area is 469 Å². The van der Waals surface area contributed by atoms with Crippen LogP contribution in [-0.2, 0) is 60.6 Å². The number of aryl methyl sites for hydroxylation is 2. The molecule has 0 radical (unpaired) electrons. The van der Waals surface area contributed by atoms with Gasteiger partial charge in [-0.15, -0.1) is 0 Å². The van der Waals surface area contributed by atoms with Crippen molar-refractivity contribution >= 4 is 53.4 Å². The minimum atomic E-state index is -0.404. The zero-order chi connectivity index (χ0) is 56.3. The first-order valence-corrected chi connectivity index (χ1v) is 28.4. The maximum atomic E-state index is 13.8. The summed E-state index contributed by atoms with van der Waals surface area (Å²) in [4.78, 5) is 80.2. The van der Waals surface area contributed by atoms with E-state index >= 15 is 0 Å². The molecule has 1 N–H and O–H groups in total. The van der Waals surface area contributed by atoms with Crippen LogP contribution in [0.25, 0.3) is 0 Å². The van der Waals surface area contributed by atoms with Gasteiger partial charge in [0.15, 0.2) is 11.5 Å². The Morgan fingerprint density at radius 1 is 0.512 bits per heavy atom. The van der Waals surface area contributed by atoms with Crippen LogP contribution < -0.4 is 24.3 Å². The minimum absolute atomic E-state index is 0.235. The molecule has 1 aliphatic heterocycles. The van der Waals surface area contributed by atoms with Gasteiger partial charge in [-0.25, -0.2) is 9.59 Å². The van der Waals surface area contributed by atoms with Gasteiger partial charge in [0.25, 0.3) is 0 Å². The SMILES string of the molecule is C=CC(=O)OCCCCCCOc1ccc(CCC(=O)OC2CCC(C(=O)Oc3ccc(OC(=O)C4CCC(OC(=O)CCc5ccc(OCCCCCCOC(=O)C=C)cc5)CC4)c4c3N=CC(c3ccccc3)N4)CC2)cc1. The predicted octanol–water partition coefficient (Wildman–Crippen LogP) is 12.2. The summed E-state index contributed by atoms with van der Waals surface area (Å²) < 4.78 is 45.5. The third-order valence-electron chi connectivity index (χ3n) is 14.5. The number of benzene rings is 4. The lowest BCUT2D eigenvalue weighted by Crippen LogP contribution is -2.30. The molecule has 80 heavy (non-hydrogen) atoms. The van der Waals surface area contributed by atoms with Crippen LogP contribution in [0.1, 0.15) is 138 Å². The maximum absolute atomic E-state index is 13.8. The van der Waals surface area contributed by atoms with Crippen molar-refractivity contribution in [2.24, 2.45) is 16.8 Å². The summed E-state index contributed by atoms with van der Waals surface area (Å²) in [6, 6.07) is 28.0. The summed E-state index contributed by atoms with van der Waals surface area (Å²) in [5.41, 5.74) is 3.73. The molecule has 0 aromatic heterocycles. The summed E-state index contributed by atoms with van der Waals surface area (Å²) in [6.07, 6.45) is 16.4. The molecule has 2 aliphatic carbocycles. The molecule has 7 rings (SSSR count). The number of fused-ring (bicyclic) bond motifs is 1. The lowest BCUT2D eigenvalue weighted by atomic mass is 9.87. The Balaban J connectivity index is 0.810. The molecule has 0 saturated heterocycles. The predicted molar refractivity (Wildman–Crippen MR) is 302 cm³/mol. The van der Waals surface area contributed by atoms with E-state index in [2.05, 4.69) is 18.5 Å². The van der Waals surface area contributed by atoms with Gasteiger partial charge in [0.2, 0.25) is 0 Å². The summed E-state index contributed by atoms with van der Waals surface area (Å²) in [7, 11) is 0. The maximum Gasteiger partial charge on any atom is 0.330 e. The number of esters is 6. The molecular weight excluding hydrogens is 1020 g/mol. The average molecular weight is 1100 g/mol. The van der Waals surface area contributed by atoms with Crippen LogP contribution in [-0.4, -0.2) is 80.7 Å². The highest BCUT2D eigenvalue weighted by Gasteiger charge is 2.34. The van der Waals surface area contributed by atoms with E-state index in [-0.39, 0.29) is 54.5 Å². The number of ether oxygens (including phenoxy) is 8. The second-order valence-electron chi connectivity index (χ2n) is 20.4. The number of hydrogen-bond donors (Lipinski definition) is 1. The normalized spacial score (nSPS) is 18.2. The molecule has 2 saturated carbocycles. The number of unbranched alkanes of at least 4 members (excludes halogenated alkanes) is 6. The van der Waals surface area contributed by atoms with Gasteiger partial charge in [-0.05, 0) is 169 Å². The highest BCUT2D eigenvalue weighted by atomic mass is 16.6. The fraction of sp³-hybridized carbons (Fsp3) is 0.453. The molecule has 2 fully saturated rings. The third kappa shape index (κ3) is 19.9. The minimum Gasteiger partial charge on any atom is -0.494 e. The third-order valence-corrected chi connectivity index (χ3v) is 14.5. The smallest absolute Gasteiger partial charge is 0.330 e. The van der Waals surface area contributed by atoms with Crippen LogP contribution >= 0.6 is 0 Å². The first-order chi connectivity index (χ1) is 39.0. The van der Waals surface area contributed by atoms with E-state index in [4.69, 9.17) is 42.9 Å². The summed E-state index contributed by atoms with van der Waals surface area (Å²) in [5.74, 6) is -0.932. The molecule has 4 aromatic rings. The van der Waals surface area contributed by atoms with Gasteiger partial charge in [-0.2, -0.15) is 0 Å². The van der Waals surface area contributed by atoms with E-state index in [1.165, 1.54) is 0 Å². The van der Waals surface area contributed by atoms with E-state index in [0.29, 0.717) is 102 Å². The van der Waals surface area contributed by atoms with Gasteiger partial charge >= 0.3 is 35.8 Å². The largest absolute Gasteiger partial charge is 0.494 e. The molecule has 1 unspecified atom stereocenters. The summed E-state index contributed by atoms with van der Waals surface area (Å²) >= 11 is 0. The number of rotatable bonds is 31. The zero-order valence-corrected chi connectivity index (χ0v) is 45.8. The fourth-order valence-electron chi connectivity index (χ4n) is 9.82. The van der Waals surface area contributed by atoms with E-state index in [1.54, 1.807) is 18.3 Å². The Morgan fingerprint density at radius 2 is 0.950 bits per heavy atom. The Kier molecular flexibility index (Phi) is 24.2. The quantitative estimate of drug-likeness (QED) is 0.0164. The number of aliphatic imine (C=N–C) groups is 1. The van der Waals surface area contributed by atoms with Crippen molar-refractivity contribution in [3.8, 4) is 23.0 Å². The number of anilines is 1. The van der Waals surface area contributed by atoms with Gasteiger partial charge in [-0.1, -0.05) is 67.8 Å². The number of carbonyl (C=O) groups is 6. The first kappa shape index (κ1) is 59.9. The zero-order valence-electron chi connectivity index (χ0n) is 45.8. The Morgan fingerprint density at radius 3 is 1.41 bits per heavy atom. The van der Waals surface area contributed by atoms with Crippen LogP contribution in [0, 0.1) is 11.8 Å². The lowest BCUT2D eigenvalue weighted by molar-refractivity contribution is -0.153. The van der Waals surface area contributed by atoms with Gasteiger partial charge in [0, 0.05) is 31.2 Å². The van der Waals surface area contributed by atoms with Gasteiger partial charge in [-0.3, -0.25) is 24.2 Å². The molecule has 0 bridgehead atoms. The van der Waals surface area contributed by atoms with Crippen molar-refractivity contribution in [1.29, 1.82) is 0 Å². The molecular formula is C64H76N2O14. The number of hydrogen-bond acceptors (Lipinski definition) is 16. The molecule has 0 amide bonds. The molecule has 426 valence electrons. The number of nitrogens with one attached hydrogen (secondary N) is 1. The van der Waals surface area contributed by atoms with Gasteiger partial charge in [0.1, 0.15) is 35.1 Å². The lowest BCUT2D eigenvalue weighted by Gasteiger charge is -2.29. The van der Waals surface area contributed by atoms with Crippen LogP contribution in [0.3, 0.4) is 0 Å². The van der Waals surface area contributed by atoms with Gasteiger partial charge in [0.05, 0.1) is 44.3 Å². The van der Waals surface area contributed by atoms with Crippen molar-refractivity contribution in [2.75, 3.05) is 31.7 Å². The van der Waals surface area contributed by atoms with Crippen LogP contribution in [0.15, 0.2) is 121 Å². The van der Waals surface area contributed by atoms with Crippen molar-refractivity contribution in [3.05, 3.63) is 133 Å². The van der Waals surface area contributed by atoms with Gasteiger partial charge < -0.3 is 43.2 Å². The highest BCUT2D eigenvalue weighted by molar-refractivity contribution is 5.93. The molecule has 1 heterocycles. The summed E-state index contributed by atoms with van der Waals surface area (Å²) in [5, 5.41) is 3.47. The topological polar surface area (TPSA) is 201 Å². The fourth-order valence-corrected chi connectivity index (χ4v) is 9.82. The molecule has 16 heteroatoms. The standard InChI is InChI=1S/C64H76N2O14/c1-3-57(67)75-42-14-7-5-12-40-73-50-28-18-45(19-29-50)22-38-59(69)77-52-32-24-48(25-33-52)63(71)79-55-36-37-56(62-61(55)65-44-54(66-62)47-16-10-9-11-17-47)80-64(72)49-26-34-53(35-27-49)78-60(70)39-23-46-20-30-51(31-21-46)74-41-13-6-8-15-43-76-58(68)4-2/h3-4,9-11,16-21,28-31,36-37,44,48-49,52-54,66H,1-2,5-8,12-15,22-27,32-35,38-43H2. The van der Waals surface area contributed by atoms with Crippen molar-refractivity contribution in [2.45, 2.75) is 147 Å². The molecule has 3 aliphatic rings. The van der Waals surface area contributed by atoms with E-state index in [0.717, 1.165) is 91.7 Å². The van der Waals surface area contributed by atoms with E-state index < -0.39 is 35.7 Å².